The number of nitrogens with one attached hydrogen (secondary N) is 1. The van der Waals surface area contributed by atoms with Gasteiger partial charge in [0.15, 0.2) is 5.82 Å². The van der Waals surface area contributed by atoms with E-state index in [1.165, 1.54) is 0 Å². The molecule has 0 amide bonds. The number of halogens is 4. The molecule has 0 radical (unpaired) electrons. The van der Waals surface area contributed by atoms with Crippen molar-refractivity contribution in [2.75, 3.05) is 10.5 Å². The van der Waals surface area contributed by atoms with Crippen LogP contribution in [0.25, 0.3) is 0 Å². The van der Waals surface area contributed by atoms with Gasteiger partial charge in [-0.05, 0) is 30.3 Å². The molecule has 2 rings (SSSR count). The van der Waals surface area contributed by atoms with Gasteiger partial charge in [0.1, 0.15) is 22.2 Å². The zero-order valence-corrected chi connectivity index (χ0v) is 11.8. The Labute approximate surface area is 123 Å². The molecule has 0 spiro atoms. The van der Waals surface area contributed by atoms with Gasteiger partial charge in [0.25, 0.3) is 10.0 Å². The molecule has 0 saturated carbocycles. The number of nitrogens with two attached hydrogens (primary N) is 1. The third-order valence-corrected chi connectivity index (χ3v) is 4.24. The summed E-state index contributed by atoms with van der Waals surface area (Å²) in [6.45, 7) is 0. The molecule has 0 fully saturated rings. The number of anilines is 2. The Morgan fingerprint density at radius 1 is 1.05 bits per heavy atom. The molecule has 0 saturated heterocycles. The van der Waals surface area contributed by atoms with Crippen molar-refractivity contribution in [3.05, 3.63) is 52.8 Å². The second-order valence-corrected chi connectivity index (χ2v) is 6.07. The Bertz CT molecular complexity index is 812. The molecule has 2 aromatic rings. The average molecular weight is 337 g/mol. The molecule has 0 aliphatic heterocycles. The first kappa shape index (κ1) is 15.5. The first-order chi connectivity index (χ1) is 9.72. The van der Waals surface area contributed by atoms with Gasteiger partial charge in [0.05, 0.1) is 10.7 Å². The summed E-state index contributed by atoms with van der Waals surface area (Å²) >= 11 is 5.51. The minimum absolute atomic E-state index is 0.0799. The van der Waals surface area contributed by atoms with Crippen molar-refractivity contribution in [1.29, 1.82) is 0 Å². The quantitative estimate of drug-likeness (QED) is 0.846. The summed E-state index contributed by atoms with van der Waals surface area (Å²) in [5, 5.41) is -0.311. The standard InChI is InChI=1S/C12H8ClF3N2O2S/c13-7-5-6(1-2-8(7)14)18-21(19,20)10-4-3-9(15)12(17)11(10)16/h1-5,18H,17H2. The summed E-state index contributed by atoms with van der Waals surface area (Å²) in [5.74, 6) is -3.22. The van der Waals surface area contributed by atoms with Gasteiger partial charge >= 0.3 is 0 Å². The molecular formula is C12H8ClF3N2O2S. The average Bonchev–Trinajstić information content (AvgIpc) is 2.39. The maximum Gasteiger partial charge on any atom is 0.264 e. The fourth-order valence-corrected chi connectivity index (χ4v) is 2.85. The molecule has 0 bridgehead atoms. The molecular weight excluding hydrogens is 329 g/mol. The molecule has 0 aliphatic rings. The van der Waals surface area contributed by atoms with E-state index < -0.39 is 38.1 Å². The van der Waals surface area contributed by atoms with Crippen LogP contribution in [0, 0.1) is 17.5 Å². The van der Waals surface area contributed by atoms with Crippen LogP contribution in [0.5, 0.6) is 0 Å². The SMILES string of the molecule is Nc1c(F)ccc(S(=O)(=O)Nc2ccc(F)c(Cl)c2)c1F. The summed E-state index contributed by atoms with van der Waals surface area (Å²) in [6, 6.07) is 4.51. The molecule has 0 aliphatic carbocycles. The molecule has 2 aromatic carbocycles. The van der Waals surface area contributed by atoms with E-state index in [1.807, 2.05) is 4.72 Å². The van der Waals surface area contributed by atoms with Crippen LogP contribution in [0.4, 0.5) is 24.5 Å². The van der Waals surface area contributed by atoms with Crippen LogP contribution in [0.3, 0.4) is 0 Å². The van der Waals surface area contributed by atoms with Gasteiger partial charge in [-0.2, -0.15) is 0 Å². The Morgan fingerprint density at radius 2 is 1.67 bits per heavy atom. The van der Waals surface area contributed by atoms with E-state index in [0.29, 0.717) is 0 Å². The number of benzene rings is 2. The maximum absolute atomic E-state index is 13.7. The van der Waals surface area contributed by atoms with Crippen LogP contribution < -0.4 is 10.5 Å². The summed E-state index contributed by atoms with van der Waals surface area (Å²) in [6.07, 6.45) is 0. The largest absolute Gasteiger partial charge is 0.394 e. The van der Waals surface area contributed by atoms with Gasteiger partial charge in [-0.1, -0.05) is 11.6 Å². The summed E-state index contributed by atoms with van der Waals surface area (Å²) in [7, 11) is -4.37. The number of rotatable bonds is 3. The molecule has 112 valence electrons. The Hall–Kier alpha value is -1.93. The van der Waals surface area contributed by atoms with E-state index in [2.05, 4.69) is 0 Å². The topological polar surface area (TPSA) is 72.2 Å². The van der Waals surface area contributed by atoms with E-state index in [0.717, 1.165) is 30.3 Å². The second-order valence-electron chi connectivity index (χ2n) is 4.01. The van der Waals surface area contributed by atoms with Crippen LogP contribution in [0.1, 0.15) is 0 Å². The molecule has 0 atom stereocenters. The first-order valence-electron chi connectivity index (χ1n) is 5.43. The van der Waals surface area contributed by atoms with E-state index in [-0.39, 0.29) is 10.7 Å². The third kappa shape index (κ3) is 3.06. The predicted octanol–water partition coefficient (Wildman–Crippen LogP) is 3.14. The van der Waals surface area contributed by atoms with Crippen LogP contribution in [0.2, 0.25) is 5.02 Å². The smallest absolute Gasteiger partial charge is 0.264 e. The number of hydrogen-bond acceptors (Lipinski definition) is 3. The van der Waals surface area contributed by atoms with Gasteiger partial charge in [0, 0.05) is 0 Å². The van der Waals surface area contributed by atoms with Crippen molar-refractivity contribution in [2.24, 2.45) is 0 Å². The highest BCUT2D eigenvalue weighted by molar-refractivity contribution is 7.92. The van der Waals surface area contributed by atoms with Crippen molar-refractivity contribution < 1.29 is 21.6 Å². The van der Waals surface area contributed by atoms with Gasteiger partial charge < -0.3 is 5.73 Å². The summed E-state index contributed by atoms with van der Waals surface area (Å²) < 4.78 is 65.8. The lowest BCUT2D eigenvalue weighted by atomic mass is 10.3. The minimum atomic E-state index is -4.37. The molecule has 3 N–H and O–H groups in total. The Kier molecular flexibility index (Phi) is 4.02. The highest BCUT2D eigenvalue weighted by Crippen LogP contribution is 2.26. The molecule has 4 nitrogen and oxygen atoms in total. The number of sulfonamides is 1. The van der Waals surface area contributed by atoms with E-state index in [1.54, 1.807) is 0 Å². The lowest BCUT2D eigenvalue weighted by molar-refractivity contribution is 0.557. The summed E-state index contributed by atoms with van der Waals surface area (Å²) in [5.41, 5.74) is 4.12. The number of nitrogen functional groups attached to an aromatic ring is 1. The Morgan fingerprint density at radius 3 is 2.29 bits per heavy atom. The minimum Gasteiger partial charge on any atom is -0.394 e. The normalized spacial score (nSPS) is 11.4. The van der Waals surface area contributed by atoms with E-state index >= 15 is 0 Å². The van der Waals surface area contributed by atoms with Crippen molar-refractivity contribution in [1.82, 2.24) is 0 Å². The second kappa shape index (κ2) is 5.45. The van der Waals surface area contributed by atoms with Gasteiger partial charge in [0.2, 0.25) is 0 Å². The molecule has 0 heterocycles. The van der Waals surface area contributed by atoms with E-state index in [4.69, 9.17) is 17.3 Å². The van der Waals surface area contributed by atoms with Crippen molar-refractivity contribution in [2.45, 2.75) is 4.90 Å². The van der Waals surface area contributed by atoms with Crippen LogP contribution in [0.15, 0.2) is 35.2 Å². The van der Waals surface area contributed by atoms with Crippen LogP contribution >= 0.6 is 11.6 Å². The monoisotopic (exact) mass is 336 g/mol. The summed E-state index contributed by atoms with van der Waals surface area (Å²) in [4.78, 5) is -0.832. The Balaban J connectivity index is 2.43. The van der Waals surface area contributed by atoms with Crippen molar-refractivity contribution in [3.63, 3.8) is 0 Å². The zero-order chi connectivity index (χ0) is 15.8. The fourth-order valence-electron chi connectivity index (χ4n) is 1.53. The third-order valence-electron chi connectivity index (χ3n) is 2.55. The van der Waals surface area contributed by atoms with Crippen molar-refractivity contribution >= 4 is 33.0 Å². The zero-order valence-electron chi connectivity index (χ0n) is 10.2. The molecule has 0 aromatic heterocycles. The van der Waals surface area contributed by atoms with Gasteiger partial charge in [-0.15, -0.1) is 0 Å². The fraction of sp³-hybridized carbons (Fsp3) is 0. The van der Waals surface area contributed by atoms with Gasteiger partial charge in [-0.3, -0.25) is 4.72 Å². The molecule has 21 heavy (non-hydrogen) atoms. The number of hydrogen-bond donors (Lipinski definition) is 2. The van der Waals surface area contributed by atoms with Crippen molar-refractivity contribution in [3.8, 4) is 0 Å². The van der Waals surface area contributed by atoms with Crippen LogP contribution in [-0.4, -0.2) is 8.42 Å². The molecule has 9 heteroatoms. The lowest BCUT2D eigenvalue weighted by Crippen LogP contribution is -2.16. The molecule has 0 unspecified atom stereocenters. The highest BCUT2D eigenvalue weighted by atomic mass is 35.5. The highest BCUT2D eigenvalue weighted by Gasteiger charge is 2.23. The maximum atomic E-state index is 13.7. The van der Waals surface area contributed by atoms with E-state index in [9.17, 15) is 21.6 Å². The first-order valence-corrected chi connectivity index (χ1v) is 7.30. The predicted molar refractivity (Wildman–Crippen MR) is 73.0 cm³/mol. The van der Waals surface area contributed by atoms with Gasteiger partial charge in [-0.25, -0.2) is 21.6 Å². The lowest BCUT2D eigenvalue weighted by Gasteiger charge is -2.10. The van der Waals surface area contributed by atoms with Crippen LogP contribution in [-0.2, 0) is 10.0 Å².